The molecule has 4 rings (SSSR count). The van der Waals surface area contributed by atoms with Crippen molar-refractivity contribution in [2.75, 3.05) is 6.54 Å². The van der Waals surface area contributed by atoms with E-state index < -0.39 is 27.8 Å². The van der Waals surface area contributed by atoms with Crippen LogP contribution in [0.3, 0.4) is 0 Å². The Hall–Kier alpha value is -3.01. The van der Waals surface area contributed by atoms with Gasteiger partial charge in [0.15, 0.2) is 5.78 Å². The van der Waals surface area contributed by atoms with E-state index in [4.69, 9.17) is 4.74 Å². The van der Waals surface area contributed by atoms with Crippen molar-refractivity contribution in [3.05, 3.63) is 81.0 Å². The van der Waals surface area contributed by atoms with Crippen LogP contribution in [0.5, 0.6) is 5.75 Å². The van der Waals surface area contributed by atoms with Gasteiger partial charge in [-0.3, -0.25) is 9.59 Å². The third-order valence-corrected chi connectivity index (χ3v) is 9.99. The molecule has 3 aromatic rings. The first-order valence-electron chi connectivity index (χ1n) is 12.2. The van der Waals surface area contributed by atoms with Crippen LogP contribution in [-0.2, 0) is 21.4 Å². The van der Waals surface area contributed by atoms with E-state index >= 15 is 0 Å². The number of carboxylic acid groups (broad SMARTS) is 1. The number of aryl methyl sites for hydroxylation is 1. The topological polar surface area (TPSA) is 101 Å². The standard InChI is InChI=1S/C28H31NO6S2/c1-5-22-16-29(37(33,34)26-9-7-6-8-23(26)35-22)15-21-14-20(11-10-17(21)2)27(18(3)28(31)32)25-13-12-24(36-25)19(4)30/h6-14,18,22,27H,5,15-16H2,1-4H3,(H,31,32)/t18-,22-,27?/m1/s1. The van der Waals surface area contributed by atoms with Crippen LogP contribution in [-0.4, -0.2) is 42.2 Å². The normalized spacial score (nSPS) is 18.8. The molecule has 2 heterocycles. The number of carbonyl (C=O) groups excluding carboxylic acids is 1. The minimum Gasteiger partial charge on any atom is -0.488 e. The smallest absolute Gasteiger partial charge is 0.307 e. The molecule has 0 radical (unpaired) electrons. The number of carbonyl (C=O) groups is 2. The summed E-state index contributed by atoms with van der Waals surface area (Å²) >= 11 is 1.30. The average molecular weight is 542 g/mol. The molecule has 0 bridgehead atoms. The summed E-state index contributed by atoms with van der Waals surface area (Å²) in [5.41, 5.74) is 2.47. The van der Waals surface area contributed by atoms with E-state index in [0.29, 0.717) is 17.0 Å². The van der Waals surface area contributed by atoms with Crippen molar-refractivity contribution in [3.63, 3.8) is 0 Å². The highest BCUT2D eigenvalue weighted by molar-refractivity contribution is 7.89. The zero-order valence-corrected chi connectivity index (χ0v) is 22.9. The number of Topliss-reactive ketones (excluding diaryl/α,β-unsaturated/α-hetero) is 1. The van der Waals surface area contributed by atoms with Crippen molar-refractivity contribution in [2.24, 2.45) is 5.92 Å². The molecule has 0 amide bonds. The fourth-order valence-electron chi connectivity index (χ4n) is 4.60. The number of nitrogens with zero attached hydrogens (tertiary/aromatic N) is 1. The van der Waals surface area contributed by atoms with Gasteiger partial charge in [0.2, 0.25) is 10.0 Å². The summed E-state index contributed by atoms with van der Waals surface area (Å²) in [5, 5.41) is 9.86. The Kier molecular flexibility index (Phi) is 7.87. The lowest BCUT2D eigenvalue weighted by molar-refractivity contribution is -0.141. The lowest BCUT2D eigenvalue weighted by Crippen LogP contribution is -2.36. The maximum Gasteiger partial charge on any atom is 0.307 e. The third-order valence-electron chi connectivity index (χ3n) is 6.87. The monoisotopic (exact) mass is 541 g/mol. The van der Waals surface area contributed by atoms with Crippen LogP contribution < -0.4 is 4.74 Å². The molecule has 1 aromatic heterocycles. The van der Waals surface area contributed by atoms with Crippen molar-refractivity contribution in [1.29, 1.82) is 0 Å². The largest absolute Gasteiger partial charge is 0.488 e. The molecular weight excluding hydrogens is 510 g/mol. The molecule has 3 atom stereocenters. The number of carboxylic acids is 1. The average Bonchev–Trinajstić information content (AvgIpc) is 3.31. The van der Waals surface area contributed by atoms with E-state index in [9.17, 15) is 23.1 Å². The molecule has 1 unspecified atom stereocenters. The SMILES string of the molecule is CC[C@@H]1CN(Cc2cc(C(c3ccc(C(C)=O)s3)[C@@H](C)C(=O)O)ccc2C)S(=O)(=O)c2ccccc2O1. The highest BCUT2D eigenvalue weighted by Gasteiger charge is 2.35. The van der Waals surface area contributed by atoms with Crippen LogP contribution in [0.2, 0.25) is 0 Å². The van der Waals surface area contributed by atoms with Gasteiger partial charge in [-0.25, -0.2) is 8.42 Å². The third kappa shape index (κ3) is 5.49. The molecule has 0 saturated heterocycles. The van der Waals surface area contributed by atoms with Gasteiger partial charge in [0.25, 0.3) is 0 Å². The fourth-order valence-corrected chi connectivity index (χ4v) is 7.31. The molecule has 7 nitrogen and oxygen atoms in total. The first-order chi connectivity index (χ1) is 17.5. The summed E-state index contributed by atoms with van der Waals surface area (Å²) in [6, 6.07) is 15.9. The predicted molar refractivity (Wildman–Crippen MR) is 143 cm³/mol. The summed E-state index contributed by atoms with van der Waals surface area (Å²) in [4.78, 5) is 25.4. The van der Waals surface area contributed by atoms with E-state index in [-0.39, 0.29) is 29.9 Å². The Morgan fingerprint density at radius 2 is 1.89 bits per heavy atom. The number of thiophene rings is 1. The van der Waals surface area contributed by atoms with Gasteiger partial charge in [0.05, 0.1) is 17.3 Å². The second-order valence-corrected chi connectivity index (χ2v) is 12.5. The van der Waals surface area contributed by atoms with Crippen LogP contribution in [0.4, 0.5) is 0 Å². The number of fused-ring (bicyclic) bond motifs is 1. The Morgan fingerprint density at radius 1 is 1.16 bits per heavy atom. The lowest BCUT2D eigenvalue weighted by atomic mass is 9.84. The molecule has 1 aliphatic heterocycles. The number of sulfonamides is 1. The van der Waals surface area contributed by atoms with E-state index in [1.807, 2.05) is 38.1 Å². The van der Waals surface area contributed by atoms with Crippen LogP contribution in [0.15, 0.2) is 59.5 Å². The van der Waals surface area contributed by atoms with Gasteiger partial charge < -0.3 is 9.84 Å². The molecule has 37 heavy (non-hydrogen) atoms. The fraction of sp³-hybridized carbons (Fsp3) is 0.357. The first-order valence-corrected chi connectivity index (χ1v) is 14.5. The molecule has 1 N–H and O–H groups in total. The number of para-hydroxylation sites is 1. The van der Waals surface area contributed by atoms with E-state index in [2.05, 4.69) is 0 Å². The quantitative estimate of drug-likeness (QED) is 0.379. The van der Waals surface area contributed by atoms with Crippen molar-refractivity contribution in [1.82, 2.24) is 4.31 Å². The Labute approximate surface area is 221 Å². The lowest BCUT2D eigenvalue weighted by Gasteiger charge is -2.25. The zero-order valence-electron chi connectivity index (χ0n) is 21.3. The summed E-state index contributed by atoms with van der Waals surface area (Å²) in [6.45, 7) is 7.36. The van der Waals surface area contributed by atoms with Crippen LogP contribution in [0.25, 0.3) is 0 Å². The highest BCUT2D eigenvalue weighted by atomic mass is 32.2. The summed E-state index contributed by atoms with van der Waals surface area (Å²) < 4.78 is 34.8. The number of ketones is 1. The van der Waals surface area contributed by atoms with Crippen LogP contribution >= 0.6 is 11.3 Å². The van der Waals surface area contributed by atoms with E-state index in [1.165, 1.54) is 22.6 Å². The number of hydrogen-bond acceptors (Lipinski definition) is 6. The molecular formula is C28H31NO6S2. The molecule has 196 valence electrons. The number of ether oxygens (including phenoxy) is 1. The van der Waals surface area contributed by atoms with Crippen molar-refractivity contribution in [2.45, 2.75) is 57.6 Å². The van der Waals surface area contributed by atoms with Gasteiger partial charge >= 0.3 is 5.97 Å². The van der Waals surface area contributed by atoms with Crippen LogP contribution in [0.1, 0.15) is 64.3 Å². The van der Waals surface area contributed by atoms with Crippen LogP contribution in [0, 0.1) is 12.8 Å². The van der Waals surface area contributed by atoms with Gasteiger partial charge in [0, 0.05) is 17.3 Å². The second-order valence-electron chi connectivity index (χ2n) is 9.44. The van der Waals surface area contributed by atoms with E-state index in [1.54, 1.807) is 37.3 Å². The van der Waals surface area contributed by atoms with Gasteiger partial charge in [0.1, 0.15) is 16.7 Å². The Balaban J connectivity index is 1.75. The summed E-state index contributed by atoms with van der Waals surface area (Å²) in [6.07, 6.45) is 0.354. The van der Waals surface area contributed by atoms with Crippen molar-refractivity contribution >= 4 is 33.1 Å². The molecule has 0 saturated carbocycles. The Bertz CT molecular complexity index is 1430. The number of hydrogen-bond donors (Lipinski definition) is 1. The zero-order chi connectivity index (χ0) is 26.9. The molecule has 2 aromatic carbocycles. The maximum absolute atomic E-state index is 13.6. The van der Waals surface area contributed by atoms with Gasteiger partial charge in [-0.2, -0.15) is 4.31 Å². The van der Waals surface area contributed by atoms with Gasteiger partial charge in [-0.05, 0) is 61.2 Å². The van der Waals surface area contributed by atoms with Gasteiger partial charge in [-0.15, -0.1) is 11.3 Å². The Morgan fingerprint density at radius 3 is 2.54 bits per heavy atom. The minimum atomic E-state index is -3.82. The number of aliphatic carboxylic acids is 1. The molecule has 0 spiro atoms. The first kappa shape index (κ1) is 27.0. The van der Waals surface area contributed by atoms with Crippen molar-refractivity contribution < 1.29 is 27.9 Å². The van der Waals surface area contributed by atoms with E-state index in [0.717, 1.165) is 21.6 Å². The van der Waals surface area contributed by atoms with Gasteiger partial charge in [-0.1, -0.05) is 44.2 Å². The summed E-state index contributed by atoms with van der Waals surface area (Å²) in [7, 11) is -3.82. The number of benzene rings is 2. The van der Waals surface area contributed by atoms with Crippen molar-refractivity contribution in [3.8, 4) is 5.75 Å². The maximum atomic E-state index is 13.6. The minimum absolute atomic E-state index is 0.0677. The second kappa shape index (κ2) is 10.8. The molecule has 0 aliphatic carbocycles. The molecule has 9 heteroatoms. The molecule has 1 aliphatic rings. The molecule has 0 fully saturated rings. The highest BCUT2D eigenvalue weighted by Crippen LogP contribution is 2.38. The number of rotatable bonds is 8. The summed E-state index contributed by atoms with van der Waals surface area (Å²) in [5.74, 6) is -1.89. The predicted octanol–water partition coefficient (Wildman–Crippen LogP) is 5.47.